The predicted octanol–water partition coefficient (Wildman–Crippen LogP) is 2.95. The molecule has 0 fully saturated rings. The smallest absolute Gasteiger partial charge is 0.221 e. The summed E-state index contributed by atoms with van der Waals surface area (Å²) < 4.78 is 0. The Labute approximate surface area is 132 Å². The second kappa shape index (κ2) is 6.16. The second-order valence-electron chi connectivity index (χ2n) is 5.08. The molecule has 0 unspecified atom stereocenters. The van der Waals surface area contributed by atoms with E-state index in [0.29, 0.717) is 10.6 Å². The lowest BCUT2D eigenvalue weighted by Crippen LogP contribution is -2.05. The van der Waals surface area contributed by atoms with Crippen molar-refractivity contribution < 1.29 is 4.79 Å². The van der Waals surface area contributed by atoms with Gasteiger partial charge in [-0.1, -0.05) is 17.8 Å². The van der Waals surface area contributed by atoms with Crippen LogP contribution in [-0.2, 0) is 17.6 Å². The number of rotatable bonds is 3. The van der Waals surface area contributed by atoms with Crippen LogP contribution in [0.2, 0.25) is 0 Å². The first-order valence-electron chi connectivity index (χ1n) is 7.01. The number of nitrogens with one attached hydrogen (secondary N) is 1. The molecule has 0 radical (unpaired) electrons. The molecule has 1 aromatic heterocycles. The lowest BCUT2D eigenvalue weighted by molar-refractivity contribution is -0.114. The van der Waals surface area contributed by atoms with Crippen molar-refractivity contribution in [3.8, 4) is 6.07 Å². The van der Waals surface area contributed by atoms with Gasteiger partial charge in [-0.15, -0.1) is 5.10 Å². The van der Waals surface area contributed by atoms with Crippen LogP contribution in [0.3, 0.4) is 0 Å². The number of aromatic nitrogens is 2. The van der Waals surface area contributed by atoms with Gasteiger partial charge in [0.05, 0.1) is 11.3 Å². The lowest BCUT2D eigenvalue weighted by Gasteiger charge is -2.08. The SMILES string of the molecule is CC(=O)Nc1cccc(Sc2nnc3c(c2C#N)CCC3)c1. The summed E-state index contributed by atoms with van der Waals surface area (Å²) >= 11 is 1.40. The summed E-state index contributed by atoms with van der Waals surface area (Å²) in [6, 6.07) is 9.74. The molecular weight excluding hydrogens is 296 g/mol. The Balaban J connectivity index is 1.91. The Hall–Kier alpha value is -2.39. The van der Waals surface area contributed by atoms with E-state index in [2.05, 4.69) is 21.6 Å². The number of anilines is 1. The summed E-state index contributed by atoms with van der Waals surface area (Å²) in [7, 11) is 0. The summed E-state index contributed by atoms with van der Waals surface area (Å²) in [6.45, 7) is 1.47. The minimum atomic E-state index is -0.114. The van der Waals surface area contributed by atoms with E-state index in [-0.39, 0.29) is 5.91 Å². The van der Waals surface area contributed by atoms with E-state index in [1.54, 1.807) is 0 Å². The van der Waals surface area contributed by atoms with Crippen molar-refractivity contribution in [2.75, 3.05) is 5.32 Å². The number of hydrogen-bond donors (Lipinski definition) is 1. The van der Waals surface area contributed by atoms with Crippen LogP contribution >= 0.6 is 11.8 Å². The average molecular weight is 310 g/mol. The molecule has 1 aliphatic carbocycles. The molecule has 6 heteroatoms. The first-order valence-corrected chi connectivity index (χ1v) is 7.83. The van der Waals surface area contributed by atoms with Crippen molar-refractivity contribution in [2.24, 2.45) is 0 Å². The van der Waals surface area contributed by atoms with Crippen LogP contribution in [0.25, 0.3) is 0 Å². The number of amides is 1. The quantitative estimate of drug-likeness (QED) is 0.943. The number of aryl methyl sites for hydroxylation is 1. The number of hydrogen-bond acceptors (Lipinski definition) is 5. The van der Waals surface area contributed by atoms with Crippen LogP contribution in [0.1, 0.15) is 30.2 Å². The molecule has 2 aromatic rings. The summed E-state index contributed by atoms with van der Waals surface area (Å²) in [5.74, 6) is -0.114. The second-order valence-corrected chi connectivity index (χ2v) is 6.14. The molecule has 0 spiro atoms. The monoisotopic (exact) mass is 310 g/mol. The van der Waals surface area contributed by atoms with Gasteiger partial charge in [0, 0.05) is 17.5 Å². The van der Waals surface area contributed by atoms with E-state index < -0.39 is 0 Å². The van der Waals surface area contributed by atoms with Crippen LogP contribution < -0.4 is 5.32 Å². The Morgan fingerprint density at radius 3 is 3.00 bits per heavy atom. The molecule has 0 bridgehead atoms. The fourth-order valence-corrected chi connectivity index (χ4v) is 3.44. The van der Waals surface area contributed by atoms with Crippen LogP contribution in [-0.4, -0.2) is 16.1 Å². The van der Waals surface area contributed by atoms with Crippen molar-refractivity contribution in [1.82, 2.24) is 10.2 Å². The maximum atomic E-state index is 11.1. The molecule has 0 saturated carbocycles. The zero-order chi connectivity index (χ0) is 15.5. The molecule has 1 amide bonds. The van der Waals surface area contributed by atoms with Gasteiger partial charge < -0.3 is 5.32 Å². The highest BCUT2D eigenvalue weighted by Crippen LogP contribution is 2.34. The minimum Gasteiger partial charge on any atom is -0.326 e. The first kappa shape index (κ1) is 14.5. The van der Waals surface area contributed by atoms with Crippen LogP contribution in [0, 0.1) is 11.3 Å². The van der Waals surface area contributed by atoms with E-state index in [1.807, 2.05) is 24.3 Å². The Kier molecular flexibility index (Phi) is 4.07. The summed E-state index contributed by atoms with van der Waals surface area (Å²) in [5.41, 5.74) is 3.36. The van der Waals surface area contributed by atoms with Gasteiger partial charge in [0.2, 0.25) is 5.91 Å². The number of nitriles is 1. The molecule has 1 aliphatic rings. The van der Waals surface area contributed by atoms with Crippen molar-refractivity contribution in [2.45, 2.75) is 36.1 Å². The van der Waals surface area contributed by atoms with E-state index in [9.17, 15) is 10.1 Å². The molecule has 1 aromatic carbocycles. The Morgan fingerprint density at radius 2 is 2.23 bits per heavy atom. The lowest BCUT2D eigenvalue weighted by atomic mass is 10.1. The maximum Gasteiger partial charge on any atom is 0.221 e. The number of benzene rings is 1. The summed E-state index contributed by atoms with van der Waals surface area (Å²) in [4.78, 5) is 12.0. The van der Waals surface area contributed by atoms with Crippen molar-refractivity contribution in [1.29, 1.82) is 5.26 Å². The largest absolute Gasteiger partial charge is 0.326 e. The highest BCUT2D eigenvalue weighted by molar-refractivity contribution is 7.99. The maximum absolute atomic E-state index is 11.1. The standard InChI is InChI=1S/C16H14N4OS/c1-10(21)18-11-4-2-5-12(8-11)22-16-14(9-17)13-6-3-7-15(13)19-20-16/h2,4-5,8H,3,6-7H2,1H3,(H,18,21). The molecule has 1 N–H and O–H groups in total. The zero-order valence-corrected chi connectivity index (χ0v) is 12.9. The third-order valence-corrected chi connectivity index (χ3v) is 4.42. The number of carbonyl (C=O) groups is 1. The minimum absolute atomic E-state index is 0.114. The molecule has 3 rings (SSSR count). The van der Waals surface area contributed by atoms with Crippen molar-refractivity contribution in [3.05, 3.63) is 41.1 Å². The molecule has 0 aliphatic heterocycles. The third-order valence-electron chi connectivity index (χ3n) is 3.45. The van der Waals surface area contributed by atoms with E-state index in [0.717, 1.165) is 41.1 Å². The Bertz CT molecular complexity index is 782. The van der Waals surface area contributed by atoms with Gasteiger partial charge in [-0.2, -0.15) is 10.4 Å². The average Bonchev–Trinajstić information content (AvgIpc) is 2.95. The molecule has 1 heterocycles. The van der Waals surface area contributed by atoms with Gasteiger partial charge in [-0.25, -0.2) is 0 Å². The molecular formula is C16H14N4OS. The number of nitrogens with zero attached hydrogens (tertiary/aromatic N) is 3. The molecule has 22 heavy (non-hydrogen) atoms. The van der Waals surface area contributed by atoms with Crippen molar-refractivity contribution >= 4 is 23.4 Å². The molecule has 110 valence electrons. The van der Waals surface area contributed by atoms with Crippen LogP contribution in [0.5, 0.6) is 0 Å². The van der Waals surface area contributed by atoms with Crippen LogP contribution in [0.4, 0.5) is 5.69 Å². The van der Waals surface area contributed by atoms with E-state index in [4.69, 9.17) is 0 Å². The van der Waals surface area contributed by atoms with Gasteiger partial charge >= 0.3 is 0 Å². The number of carbonyl (C=O) groups excluding carboxylic acids is 1. The summed E-state index contributed by atoms with van der Waals surface area (Å²) in [5, 5.41) is 21.3. The fourth-order valence-electron chi connectivity index (χ4n) is 2.53. The fraction of sp³-hybridized carbons (Fsp3) is 0.250. The normalized spacial score (nSPS) is 12.5. The highest BCUT2D eigenvalue weighted by Gasteiger charge is 2.21. The topological polar surface area (TPSA) is 78.7 Å². The summed E-state index contributed by atoms with van der Waals surface area (Å²) in [6.07, 6.45) is 2.83. The van der Waals surface area contributed by atoms with E-state index >= 15 is 0 Å². The van der Waals surface area contributed by atoms with Gasteiger partial charge in [0.25, 0.3) is 0 Å². The zero-order valence-electron chi connectivity index (χ0n) is 12.1. The van der Waals surface area contributed by atoms with E-state index in [1.165, 1.54) is 18.7 Å². The molecule has 5 nitrogen and oxygen atoms in total. The molecule has 0 atom stereocenters. The highest BCUT2D eigenvalue weighted by atomic mass is 32.2. The van der Waals surface area contributed by atoms with Crippen LogP contribution in [0.15, 0.2) is 34.2 Å². The van der Waals surface area contributed by atoms with Gasteiger partial charge in [0.1, 0.15) is 11.1 Å². The third kappa shape index (κ3) is 2.95. The van der Waals surface area contributed by atoms with Gasteiger partial charge in [-0.3, -0.25) is 4.79 Å². The van der Waals surface area contributed by atoms with Gasteiger partial charge in [-0.05, 0) is 43.0 Å². The first-order chi connectivity index (χ1) is 10.7. The number of fused-ring (bicyclic) bond motifs is 1. The Morgan fingerprint density at radius 1 is 1.36 bits per heavy atom. The van der Waals surface area contributed by atoms with Crippen molar-refractivity contribution in [3.63, 3.8) is 0 Å². The van der Waals surface area contributed by atoms with Gasteiger partial charge in [0.15, 0.2) is 0 Å². The molecule has 0 saturated heterocycles. The predicted molar refractivity (Wildman–Crippen MR) is 83.6 cm³/mol.